The standard InChI is InChI=1S/C14H8ClN3/c15-14-17-11-6-5-8-7-16-10-4-2-1-3-9(10)12(8)13(11)18-14/h1-7H,(H,17,18). The van der Waals surface area contributed by atoms with E-state index in [4.69, 9.17) is 11.6 Å². The number of hydrogen-bond acceptors (Lipinski definition) is 2. The molecule has 0 bridgehead atoms. The number of nitrogens with zero attached hydrogens (tertiary/aromatic N) is 2. The number of nitrogens with one attached hydrogen (secondary N) is 1. The third-order valence-corrected chi connectivity index (χ3v) is 3.35. The molecule has 0 saturated carbocycles. The van der Waals surface area contributed by atoms with E-state index in [1.54, 1.807) is 0 Å². The molecule has 1 N–H and O–H groups in total. The first-order valence-corrected chi connectivity index (χ1v) is 6.02. The molecule has 0 saturated heterocycles. The molecule has 0 atom stereocenters. The molecule has 2 aromatic carbocycles. The van der Waals surface area contributed by atoms with E-state index < -0.39 is 0 Å². The van der Waals surface area contributed by atoms with Gasteiger partial charge in [0.15, 0.2) is 0 Å². The Bertz CT molecular complexity index is 895. The molecule has 4 rings (SSSR count). The van der Waals surface area contributed by atoms with Gasteiger partial charge in [0, 0.05) is 22.4 Å². The minimum absolute atomic E-state index is 0.415. The fourth-order valence-electron chi connectivity index (χ4n) is 2.39. The van der Waals surface area contributed by atoms with Crippen molar-refractivity contribution < 1.29 is 0 Å². The SMILES string of the molecule is Clc1nc2c(ccc3cnc4ccccc4c32)[nH]1. The van der Waals surface area contributed by atoms with Gasteiger partial charge in [-0.1, -0.05) is 24.3 Å². The predicted octanol–water partition coefficient (Wildman–Crippen LogP) is 3.92. The van der Waals surface area contributed by atoms with Gasteiger partial charge in [0.2, 0.25) is 5.28 Å². The summed E-state index contributed by atoms with van der Waals surface area (Å²) in [6.45, 7) is 0. The lowest BCUT2D eigenvalue weighted by Crippen LogP contribution is -1.83. The maximum absolute atomic E-state index is 5.95. The number of H-pyrrole nitrogens is 1. The van der Waals surface area contributed by atoms with Crippen molar-refractivity contribution >= 4 is 44.3 Å². The van der Waals surface area contributed by atoms with Crippen LogP contribution in [0.3, 0.4) is 0 Å². The Labute approximate surface area is 107 Å². The number of halogens is 1. The lowest BCUT2D eigenvalue weighted by Gasteiger charge is -2.03. The maximum atomic E-state index is 5.95. The Morgan fingerprint density at radius 3 is 2.89 bits per heavy atom. The van der Waals surface area contributed by atoms with Gasteiger partial charge >= 0.3 is 0 Å². The normalized spacial score (nSPS) is 11.6. The number of fused-ring (bicyclic) bond motifs is 5. The molecule has 3 nitrogen and oxygen atoms in total. The number of aromatic nitrogens is 3. The van der Waals surface area contributed by atoms with E-state index in [0.717, 1.165) is 32.7 Å². The van der Waals surface area contributed by atoms with Crippen LogP contribution in [0.1, 0.15) is 0 Å². The summed E-state index contributed by atoms with van der Waals surface area (Å²) >= 11 is 5.95. The summed E-state index contributed by atoms with van der Waals surface area (Å²) < 4.78 is 0. The van der Waals surface area contributed by atoms with Crippen LogP contribution in [0.15, 0.2) is 42.6 Å². The molecule has 2 aromatic heterocycles. The van der Waals surface area contributed by atoms with E-state index in [1.807, 2.05) is 36.5 Å². The Balaban J connectivity index is 2.37. The lowest BCUT2D eigenvalue weighted by atomic mass is 10.1. The number of benzene rings is 2. The highest BCUT2D eigenvalue weighted by Crippen LogP contribution is 2.30. The Kier molecular flexibility index (Phi) is 1.88. The molecule has 0 aliphatic rings. The number of para-hydroxylation sites is 1. The monoisotopic (exact) mass is 253 g/mol. The van der Waals surface area contributed by atoms with E-state index in [9.17, 15) is 0 Å². The van der Waals surface area contributed by atoms with Gasteiger partial charge < -0.3 is 4.98 Å². The van der Waals surface area contributed by atoms with E-state index in [-0.39, 0.29) is 0 Å². The lowest BCUT2D eigenvalue weighted by molar-refractivity contribution is 1.34. The third kappa shape index (κ3) is 1.25. The second-order valence-corrected chi connectivity index (χ2v) is 4.59. The third-order valence-electron chi connectivity index (χ3n) is 3.17. The zero-order chi connectivity index (χ0) is 12.1. The number of hydrogen-bond donors (Lipinski definition) is 1. The maximum Gasteiger partial charge on any atom is 0.201 e. The van der Waals surface area contributed by atoms with Crippen molar-refractivity contribution in [3.8, 4) is 0 Å². The highest BCUT2D eigenvalue weighted by molar-refractivity contribution is 6.30. The van der Waals surface area contributed by atoms with Crippen LogP contribution < -0.4 is 0 Å². The first-order chi connectivity index (χ1) is 8.83. The predicted molar refractivity (Wildman–Crippen MR) is 73.9 cm³/mol. The van der Waals surface area contributed by atoms with Gasteiger partial charge in [0.1, 0.15) is 0 Å². The van der Waals surface area contributed by atoms with Gasteiger partial charge in [-0.15, -0.1) is 0 Å². The van der Waals surface area contributed by atoms with E-state index in [2.05, 4.69) is 21.0 Å². The van der Waals surface area contributed by atoms with E-state index in [0.29, 0.717) is 5.28 Å². The molecule has 0 radical (unpaired) electrons. The smallest absolute Gasteiger partial charge is 0.201 e. The summed E-state index contributed by atoms with van der Waals surface area (Å²) in [5.41, 5.74) is 2.82. The number of pyridine rings is 1. The average Bonchev–Trinajstić information content (AvgIpc) is 2.78. The van der Waals surface area contributed by atoms with Crippen molar-refractivity contribution in [3.05, 3.63) is 47.9 Å². The summed E-state index contributed by atoms with van der Waals surface area (Å²) in [5.74, 6) is 0. The Morgan fingerprint density at radius 1 is 1.06 bits per heavy atom. The molecule has 0 aliphatic heterocycles. The van der Waals surface area contributed by atoms with Gasteiger partial charge in [0.05, 0.1) is 16.6 Å². The van der Waals surface area contributed by atoms with Gasteiger partial charge in [0.25, 0.3) is 0 Å². The van der Waals surface area contributed by atoms with Crippen LogP contribution in [0.25, 0.3) is 32.7 Å². The molecule has 0 fully saturated rings. The molecule has 2 heterocycles. The quantitative estimate of drug-likeness (QED) is 0.483. The van der Waals surface area contributed by atoms with Crippen LogP contribution >= 0.6 is 11.6 Å². The zero-order valence-corrected chi connectivity index (χ0v) is 10.1. The first kappa shape index (κ1) is 9.85. The molecule has 0 amide bonds. The van der Waals surface area contributed by atoms with Crippen molar-refractivity contribution in [1.29, 1.82) is 0 Å². The molecule has 0 spiro atoms. The zero-order valence-electron chi connectivity index (χ0n) is 9.31. The molecule has 86 valence electrons. The summed E-state index contributed by atoms with van der Waals surface area (Å²) in [5, 5.41) is 3.69. The fraction of sp³-hybridized carbons (Fsp3) is 0. The number of rotatable bonds is 0. The number of imidazole rings is 1. The summed E-state index contributed by atoms with van der Waals surface area (Å²) in [6.07, 6.45) is 1.87. The highest BCUT2D eigenvalue weighted by Gasteiger charge is 2.09. The summed E-state index contributed by atoms with van der Waals surface area (Å²) in [4.78, 5) is 11.9. The Morgan fingerprint density at radius 2 is 1.94 bits per heavy atom. The largest absolute Gasteiger partial charge is 0.329 e. The van der Waals surface area contributed by atoms with Crippen molar-refractivity contribution in [2.75, 3.05) is 0 Å². The van der Waals surface area contributed by atoms with E-state index in [1.165, 1.54) is 0 Å². The van der Waals surface area contributed by atoms with Crippen LogP contribution in [0, 0.1) is 0 Å². The topological polar surface area (TPSA) is 41.6 Å². The van der Waals surface area contributed by atoms with Crippen molar-refractivity contribution in [2.45, 2.75) is 0 Å². The van der Waals surface area contributed by atoms with Gasteiger partial charge in [-0.2, -0.15) is 0 Å². The van der Waals surface area contributed by atoms with Crippen LogP contribution in [0.5, 0.6) is 0 Å². The van der Waals surface area contributed by atoms with Crippen molar-refractivity contribution in [2.24, 2.45) is 0 Å². The highest BCUT2D eigenvalue weighted by atomic mass is 35.5. The summed E-state index contributed by atoms with van der Waals surface area (Å²) in [6, 6.07) is 12.1. The van der Waals surface area contributed by atoms with Gasteiger partial charge in [-0.05, 0) is 23.7 Å². The van der Waals surface area contributed by atoms with Crippen LogP contribution in [-0.4, -0.2) is 15.0 Å². The molecule has 4 aromatic rings. The van der Waals surface area contributed by atoms with E-state index >= 15 is 0 Å². The molecule has 0 unspecified atom stereocenters. The van der Waals surface area contributed by atoms with Crippen LogP contribution in [0.4, 0.5) is 0 Å². The van der Waals surface area contributed by atoms with Gasteiger partial charge in [-0.25, -0.2) is 4.98 Å². The van der Waals surface area contributed by atoms with Gasteiger partial charge in [-0.3, -0.25) is 4.98 Å². The van der Waals surface area contributed by atoms with Crippen LogP contribution in [-0.2, 0) is 0 Å². The fourth-order valence-corrected chi connectivity index (χ4v) is 2.57. The molecule has 18 heavy (non-hydrogen) atoms. The molecule has 4 heteroatoms. The second-order valence-electron chi connectivity index (χ2n) is 4.23. The Hall–Kier alpha value is -2.13. The minimum atomic E-state index is 0.415. The van der Waals surface area contributed by atoms with Crippen molar-refractivity contribution in [3.63, 3.8) is 0 Å². The minimum Gasteiger partial charge on any atom is -0.329 e. The van der Waals surface area contributed by atoms with Crippen molar-refractivity contribution in [1.82, 2.24) is 15.0 Å². The molecular weight excluding hydrogens is 246 g/mol. The second kappa shape index (κ2) is 3.43. The van der Waals surface area contributed by atoms with Crippen LogP contribution in [0.2, 0.25) is 5.28 Å². The molecule has 0 aliphatic carbocycles. The average molecular weight is 254 g/mol. The number of aromatic amines is 1. The first-order valence-electron chi connectivity index (χ1n) is 5.64. The summed E-state index contributed by atoms with van der Waals surface area (Å²) in [7, 11) is 0. The molecular formula is C14H8ClN3.